The van der Waals surface area contributed by atoms with Crippen LogP contribution in [0.5, 0.6) is 5.75 Å². The molecule has 0 atom stereocenters. The summed E-state index contributed by atoms with van der Waals surface area (Å²) < 4.78 is 42.8. The number of pyridine rings is 1. The maximum absolute atomic E-state index is 12.9. The Kier molecular flexibility index (Phi) is 7.77. The Morgan fingerprint density at radius 1 is 1.06 bits per heavy atom. The Labute approximate surface area is 195 Å². The lowest BCUT2D eigenvalue weighted by Crippen LogP contribution is -2.35. The number of nitrogens with zero attached hydrogens (tertiary/aromatic N) is 1. The molecule has 2 amide bonds. The third-order valence-electron chi connectivity index (χ3n) is 4.67. The number of amides is 2. The highest BCUT2D eigenvalue weighted by Crippen LogP contribution is 2.35. The number of esters is 1. The van der Waals surface area contributed by atoms with Crippen molar-refractivity contribution >= 4 is 52.5 Å². The molecule has 0 spiro atoms. The van der Waals surface area contributed by atoms with E-state index < -0.39 is 41.3 Å². The van der Waals surface area contributed by atoms with Gasteiger partial charge in [-0.25, -0.2) is 9.78 Å². The van der Waals surface area contributed by atoms with Gasteiger partial charge in [-0.3, -0.25) is 9.59 Å². The van der Waals surface area contributed by atoms with Gasteiger partial charge < -0.3 is 20.7 Å². The summed E-state index contributed by atoms with van der Waals surface area (Å²) >= 11 is 11.7. The number of carbonyl (C=O) groups excluding carboxylic acids is 3. The molecule has 33 heavy (non-hydrogen) atoms. The van der Waals surface area contributed by atoms with Crippen LogP contribution in [0.3, 0.4) is 0 Å². The average molecular weight is 505 g/mol. The molecule has 1 aliphatic heterocycles. The normalized spacial score (nSPS) is 14.5. The van der Waals surface area contributed by atoms with Crippen molar-refractivity contribution in [1.29, 1.82) is 0 Å². The molecule has 0 unspecified atom stereocenters. The molecular formula is C20H17Cl2F3N4O4. The summed E-state index contributed by atoms with van der Waals surface area (Å²) in [6.07, 6.45) is -3.08. The SMILES string of the molecule is O=C(Nc1ccc(Cl)cn1)c1cc(Cl)cc(OC(=O)C(F)(F)F)c1NC(=O)C1CCNCC1. The van der Waals surface area contributed by atoms with E-state index in [1.54, 1.807) is 0 Å². The Bertz CT molecular complexity index is 1060. The summed E-state index contributed by atoms with van der Waals surface area (Å²) in [7, 11) is 0. The molecule has 1 saturated heterocycles. The zero-order valence-corrected chi connectivity index (χ0v) is 18.3. The summed E-state index contributed by atoms with van der Waals surface area (Å²) in [5.41, 5.74) is -0.751. The Morgan fingerprint density at radius 3 is 2.36 bits per heavy atom. The Balaban J connectivity index is 1.98. The molecule has 1 aromatic carbocycles. The third kappa shape index (κ3) is 6.56. The fraction of sp³-hybridized carbons (Fsp3) is 0.300. The summed E-state index contributed by atoms with van der Waals surface area (Å²) in [5, 5.41) is 8.06. The first-order valence-corrected chi connectivity index (χ1v) is 10.4. The molecule has 176 valence electrons. The van der Waals surface area contributed by atoms with Gasteiger partial charge in [-0.05, 0) is 44.1 Å². The number of hydrogen-bond donors (Lipinski definition) is 3. The lowest BCUT2D eigenvalue weighted by Gasteiger charge is -2.23. The minimum atomic E-state index is -5.31. The topological polar surface area (TPSA) is 109 Å². The van der Waals surface area contributed by atoms with Crippen molar-refractivity contribution in [2.24, 2.45) is 5.92 Å². The van der Waals surface area contributed by atoms with Crippen molar-refractivity contribution < 1.29 is 32.3 Å². The van der Waals surface area contributed by atoms with Crippen LogP contribution in [0.15, 0.2) is 30.5 Å². The smallest absolute Gasteiger partial charge is 0.418 e. The molecule has 2 heterocycles. The monoisotopic (exact) mass is 504 g/mol. The van der Waals surface area contributed by atoms with Gasteiger partial charge in [0.1, 0.15) is 5.82 Å². The minimum Gasteiger partial charge on any atom is -0.418 e. The summed E-state index contributed by atoms with van der Waals surface area (Å²) in [4.78, 5) is 41.0. The quantitative estimate of drug-likeness (QED) is 0.418. The zero-order chi connectivity index (χ0) is 24.2. The number of hydrogen-bond acceptors (Lipinski definition) is 6. The van der Waals surface area contributed by atoms with Crippen LogP contribution in [-0.2, 0) is 9.59 Å². The molecule has 0 aliphatic carbocycles. The lowest BCUT2D eigenvalue weighted by molar-refractivity contribution is -0.189. The average Bonchev–Trinajstić information content (AvgIpc) is 2.76. The van der Waals surface area contributed by atoms with Crippen LogP contribution in [0, 0.1) is 5.92 Å². The van der Waals surface area contributed by atoms with Gasteiger partial charge in [0.2, 0.25) is 5.91 Å². The van der Waals surface area contributed by atoms with E-state index in [1.807, 2.05) is 0 Å². The Hall–Kier alpha value is -2.89. The Morgan fingerprint density at radius 2 is 1.76 bits per heavy atom. The van der Waals surface area contributed by atoms with Gasteiger partial charge in [-0.1, -0.05) is 23.2 Å². The number of nitrogens with one attached hydrogen (secondary N) is 3. The lowest BCUT2D eigenvalue weighted by atomic mass is 9.97. The molecule has 2 aromatic rings. The van der Waals surface area contributed by atoms with E-state index >= 15 is 0 Å². The van der Waals surface area contributed by atoms with Crippen molar-refractivity contribution in [2.45, 2.75) is 19.0 Å². The van der Waals surface area contributed by atoms with Gasteiger partial charge in [0.25, 0.3) is 5.91 Å². The zero-order valence-electron chi connectivity index (χ0n) is 16.8. The first kappa shape index (κ1) is 24.7. The fourth-order valence-electron chi connectivity index (χ4n) is 3.07. The van der Waals surface area contributed by atoms with Crippen molar-refractivity contribution in [3.8, 4) is 5.75 Å². The number of anilines is 2. The van der Waals surface area contributed by atoms with E-state index in [0.717, 1.165) is 12.1 Å². The maximum Gasteiger partial charge on any atom is 0.491 e. The van der Waals surface area contributed by atoms with Crippen molar-refractivity contribution in [3.05, 3.63) is 46.1 Å². The maximum atomic E-state index is 12.9. The number of rotatable bonds is 5. The highest BCUT2D eigenvalue weighted by atomic mass is 35.5. The van der Waals surface area contributed by atoms with Gasteiger partial charge in [0, 0.05) is 23.2 Å². The summed E-state index contributed by atoms with van der Waals surface area (Å²) in [6, 6.07) is 4.87. The van der Waals surface area contributed by atoms with Crippen LogP contribution in [0.2, 0.25) is 10.0 Å². The summed E-state index contributed by atoms with van der Waals surface area (Å²) in [6.45, 7) is 1.15. The van der Waals surface area contributed by atoms with E-state index in [2.05, 4.69) is 25.7 Å². The van der Waals surface area contributed by atoms with Crippen LogP contribution >= 0.6 is 23.2 Å². The molecule has 8 nitrogen and oxygen atoms in total. The minimum absolute atomic E-state index is 0.0776. The second-order valence-corrected chi connectivity index (χ2v) is 7.92. The molecule has 1 fully saturated rings. The second kappa shape index (κ2) is 10.4. The highest BCUT2D eigenvalue weighted by Gasteiger charge is 2.42. The number of alkyl halides is 3. The predicted molar refractivity (Wildman–Crippen MR) is 115 cm³/mol. The summed E-state index contributed by atoms with van der Waals surface area (Å²) in [5.74, 6) is -5.04. The van der Waals surface area contributed by atoms with Gasteiger partial charge in [0.05, 0.1) is 16.3 Å². The van der Waals surface area contributed by atoms with Crippen molar-refractivity contribution in [1.82, 2.24) is 10.3 Å². The second-order valence-electron chi connectivity index (χ2n) is 7.04. The number of aromatic nitrogens is 1. The van der Waals surface area contributed by atoms with Gasteiger partial charge >= 0.3 is 12.1 Å². The number of benzene rings is 1. The van der Waals surface area contributed by atoms with Crippen LogP contribution in [0.1, 0.15) is 23.2 Å². The first-order chi connectivity index (χ1) is 15.5. The predicted octanol–water partition coefficient (Wildman–Crippen LogP) is 4.05. The van der Waals surface area contributed by atoms with Crippen LogP contribution in [0.4, 0.5) is 24.7 Å². The van der Waals surface area contributed by atoms with E-state index in [4.69, 9.17) is 23.2 Å². The molecule has 1 aliphatic rings. The van der Waals surface area contributed by atoms with Crippen LogP contribution in [-0.4, -0.2) is 42.0 Å². The number of halogens is 5. The van der Waals surface area contributed by atoms with Crippen LogP contribution < -0.4 is 20.7 Å². The van der Waals surface area contributed by atoms with Gasteiger partial charge in [-0.15, -0.1) is 0 Å². The van der Waals surface area contributed by atoms with Crippen molar-refractivity contribution in [3.63, 3.8) is 0 Å². The van der Waals surface area contributed by atoms with E-state index in [-0.39, 0.29) is 16.4 Å². The standard InChI is InChI=1S/C20H17Cl2F3N4O4/c21-11-1-2-15(27-9-11)28-18(31)13-7-12(22)8-14(33-19(32)20(23,24)25)16(13)29-17(30)10-3-5-26-6-4-10/h1-2,7-10,26H,3-6H2,(H,29,30)(H,27,28,31). The highest BCUT2D eigenvalue weighted by molar-refractivity contribution is 6.32. The number of carbonyl (C=O) groups is 3. The molecule has 13 heteroatoms. The molecule has 3 N–H and O–H groups in total. The largest absolute Gasteiger partial charge is 0.491 e. The molecule has 0 saturated carbocycles. The molecular weight excluding hydrogens is 488 g/mol. The first-order valence-electron chi connectivity index (χ1n) is 9.61. The van der Waals surface area contributed by atoms with E-state index in [1.165, 1.54) is 18.3 Å². The number of ether oxygens (including phenoxy) is 1. The number of piperidine rings is 1. The van der Waals surface area contributed by atoms with Crippen molar-refractivity contribution in [2.75, 3.05) is 23.7 Å². The molecule has 3 rings (SSSR count). The molecule has 0 bridgehead atoms. The molecule has 1 aromatic heterocycles. The van der Waals surface area contributed by atoms with Gasteiger partial charge in [-0.2, -0.15) is 13.2 Å². The fourth-order valence-corrected chi connectivity index (χ4v) is 3.39. The third-order valence-corrected chi connectivity index (χ3v) is 5.11. The van der Waals surface area contributed by atoms with E-state index in [9.17, 15) is 27.6 Å². The van der Waals surface area contributed by atoms with Crippen LogP contribution in [0.25, 0.3) is 0 Å². The van der Waals surface area contributed by atoms with E-state index in [0.29, 0.717) is 31.0 Å². The van der Waals surface area contributed by atoms with Gasteiger partial charge in [0.15, 0.2) is 5.75 Å². The molecule has 0 radical (unpaired) electrons.